The average Bonchev–Trinajstić information content (AvgIpc) is 2.41. The molecule has 0 bridgehead atoms. The molecular weight excluding hydrogens is 315 g/mol. The molecule has 8 heteroatoms. The van der Waals surface area contributed by atoms with Crippen LogP contribution in [0.2, 0.25) is 0 Å². The van der Waals surface area contributed by atoms with Crippen molar-refractivity contribution < 1.29 is 43.9 Å². The lowest BCUT2D eigenvalue weighted by Crippen LogP contribution is -3.00. The minimum atomic E-state index is 0. The van der Waals surface area contributed by atoms with Gasteiger partial charge in [0.2, 0.25) is 0 Å². The molecule has 6 nitrogen and oxygen atoms in total. The van der Waals surface area contributed by atoms with E-state index in [9.17, 15) is 0 Å². The minimum absolute atomic E-state index is 0. The zero-order valence-corrected chi connectivity index (χ0v) is 12.7. The fraction of sp³-hybridized carbons (Fsp3) is 0.154. The number of anilines is 1. The summed E-state index contributed by atoms with van der Waals surface area (Å²) in [6.45, 7) is 0.857. The van der Waals surface area contributed by atoms with Crippen molar-refractivity contribution in [2.45, 2.75) is 13.5 Å². The van der Waals surface area contributed by atoms with Crippen molar-refractivity contribution in [3.8, 4) is 0 Å². The van der Waals surface area contributed by atoms with Crippen LogP contribution in [0.15, 0.2) is 54.2 Å². The van der Waals surface area contributed by atoms with Crippen molar-refractivity contribution >= 4 is 11.9 Å². The van der Waals surface area contributed by atoms with Crippen LogP contribution in [0.1, 0.15) is 5.56 Å². The van der Waals surface area contributed by atoms with E-state index in [1.807, 2.05) is 58.2 Å². The van der Waals surface area contributed by atoms with E-state index < -0.39 is 0 Å². The number of nitrogens with zero attached hydrogens (tertiary/aromatic N) is 3. The second kappa shape index (κ2) is 9.93. The van der Waals surface area contributed by atoms with E-state index in [2.05, 4.69) is 5.16 Å². The molecule has 0 atom stereocenters. The third-order valence-electron chi connectivity index (χ3n) is 2.49. The summed E-state index contributed by atoms with van der Waals surface area (Å²) in [5.41, 5.74) is 7.20. The largest absolute Gasteiger partial charge is 1.00 e. The molecule has 21 heavy (non-hydrogen) atoms. The fourth-order valence-electron chi connectivity index (χ4n) is 1.58. The summed E-state index contributed by atoms with van der Waals surface area (Å²) in [5.74, 6) is 0. The van der Waals surface area contributed by atoms with Gasteiger partial charge in [-0.15, -0.1) is 0 Å². The monoisotopic (exact) mass is 330 g/mol. The highest BCUT2D eigenvalue weighted by Gasteiger charge is 2.04. The van der Waals surface area contributed by atoms with Crippen LogP contribution in [0, 0.1) is 0 Å². The number of hydrogen-bond donors (Lipinski definition) is 2. The Morgan fingerprint density at radius 1 is 1.10 bits per heavy atom. The van der Waals surface area contributed by atoms with Gasteiger partial charge in [-0.1, -0.05) is 5.16 Å². The van der Waals surface area contributed by atoms with Gasteiger partial charge in [0.15, 0.2) is 24.8 Å². The molecule has 0 aliphatic heterocycles. The maximum atomic E-state index is 8.40. The Balaban J connectivity index is 0.00000200. The lowest BCUT2D eigenvalue weighted by Gasteiger charge is -1.99. The second-order valence-electron chi connectivity index (χ2n) is 4.00. The topological polar surface area (TPSA) is 75.6 Å². The van der Waals surface area contributed by atoms with Crippen molar-refractivity contribution in [3.63, 3.8) is 0 Å². The molecular formula is C13H16Cl2N4O2. The highest BCUT2D eigenvalue weighted by atomic mass is 35.5. The van der Waals surface area contributed by atoms with E-state index >= 15 is 0 Å². The van der Waals surface area contributed by atoms with Crippen LogP contribution in [0.3, 0.4) is 0 Å². The molecule has 2 rings (SSSR count). The van der Waals surface area contributed by atoms with Gasteiger partial charge in [0.1, 0.15) is 0 Å². The average molecular weight is 331 g/mol. The number of oxime groups is 1. The van der Waals surface area contributed by atoms with Crippen LogP contribution < -0.4 is 39.7 Å². The maximum absolute atomic E-state index is 8.40. The summed E-state index contributed by atoms with van der Waals surface area (Å²) in [7, 11) is 0. The summed E-state index contributed by atoms with van der Waals surface area (Å²) in [6, 6.07) is 7.36. The number of nitrogens with two attached hydrogens (primary N) is 1. The first kappa shape index (κ1) is 19.1. The lowest BCUT2D eigenvalue weighted by molar-refractivity contribution is -0.788. The predicted octanol–water partition coefficient (Wildman–Crippen LogP) is -5.71. The molecule has 0 amide bonds. The van der Waals surface area contributed by atoms with E-state index in [-0.39, 0.29) is 24.8 Å². The third kappa shape index (κ3) is 6.40. The van der Waals surface area contributed by atoms with Crippen molar-refractivity contribution in [3.05, 3.63) is 54.6 Å². The van der Waals surface area contributed by atoms with Crippen LogP contribution in [-0.4, -0.2) is 11.4 Å². The van der Waals surface area contributed by atoms with Crippen molar-refractivity contribution in [2.24, 2.45) is 5.16 Å². The molecule has 2 aromatic heterocycles. The third-order valence-corrected chi connectivity index (χ3v) is 2.49. The molecule has 0 aliphatic carbocycles. The van der Waals surface area contributed by atoms with E-state index in [4.69, 9.17) is 15.7 Å². The zero-order valence-electron chi connectivity index (χ0n) is 11.1. The standard InChI is InChI=1S/C13H15N4O2.2ClH/c14-13-2-1-5-17(9-13)11-19-10-16-6-3-12(4-7-16)8-15-18;;/h1-9H,10-11,14H2;2*1H/q+1;;/p-1. The van der Waals surface area contributed by atoms with Gasteiger partial charge in [-0.25, -0.2) is 0 Å². The molecule has 0 unspecified atom stereocenters. The van der Waals surface area contributed by atoms with Crippen LogP contribution in [-0.2, 0) is 18.2 Å². The number of halogens is 2. The number of nitrogen functional groups attached to an aromatic ring is 1. The van der Waals surface area contributed by atoms with Crippen LogP contribution in [0.4, 0.5) is 5.69 Å². The summed E-state index contributed by atoms with van der Waals surface area (Å²) in [4.78, 5) is 0. The minimum Gasteiger partial charge on any atom is -1.00 e. The van der Waals surface area contributed by atoms with E-state index in [1.54, 1.807) is 0 Å². The Hall–Kier alpha value is -1.89. The first-order chi connectivity index (χ1) is 9.28. The van der Waals surface area contributed by atoms with Crippen LogP contribution in [0.25, 0.3) is 0 Å². The normalized spacial score (nSPS) is 9.90. The zero-order chi connectivity index (χ0) is 13.5. The molecule has 0 aromatic carbocycles. The highest BCUT2D eigenvalue weighted by molar-refractivity contribution is 5.78. The molecule has 2 heterocycles. The number of pyridine rings is 2. The van der Waals surface area contributed by atoms with Gasteiger partial charge in [-0.2, -0.15) is 9.13 Å². The molecule has 0 aliphatic rings. The molecule has 114 valence electrons. The van der Waals surface area contributed by atoms with E-state index in [0.29, 0.717) is 19.1 Å². The lowest BCUT2D eigenvalue weighted by atomic mass is 10.3. The van der Waals surface area contributed by atoms with Crippen LogP contribution >= 0.6 is 0 Å². The number of ether oxygens (including phenoxy) is 1. The van der Waals surface area contributed by atoms with Gasteiger partial charge in [-0.3, -0.25) is 4.74 Å². The first-order valence-electron chi connectivity index (χ1n) is 5.77. The number of aromatic nitrogens is 2. The molecule has 0 saturated carbocycles. The molecule has 0 radical (unpaired) electrons. The SMILES string of the molecule is Nc1ccc[n+](COC[n+]2ccc(/C=N\O)cc2)c1.[Cl-].[Cl-]. The predicted molar refractivity (Wildman–Crippen MR) is 68.2 cm³/mol. The Bertz CT molecular complexity index is 564. The van der Waals surface area contributed by atoms with Gasteiger partial charge in [0, 0.05) is 23.8 Å². The summed E-state index contributed by atoms with van der Waals surface area (Å²) >= 11 is 0. The van der Waals surface area contributed by atoms with Crippen molar-refractivity contribution in [1.82, 2.24) is 0 Å². The Labute approximate surface area is 135 Å². The smallest absolute Gasteiger partial charge is 0.257 e. The van der Waals surface area contributed by atoms with Crippen molar-refractivity contribution in [1.29, 1.82) is 0 Å². The highest BCUT2D eigenvalue weighted by Crippen LogP contribution is 1.93. The fourth-order valence-corrected chi connectivity index (χ4v) is 1.58. The Morgan fingerprint density at radius 3 is 2.38 bits per heavy atom. The quantitative estimate of drug-likeness (QED) is 0.248. The Morgan fingerprint density at radius 2 is 1.76 bits per heavy atom. The van der Waals surface area contributed by atoms with Crippen molar-refractivity contribution in [2.75, 3.05) is 5.73 Å². The van der Waals surface area contributed by atoms with E-state index in [0.717, 1.165) is 5.56 Å². The van der Waals surface area contributed by atoms with Gasteiger partial charge < -0.3 is 35.8 Å². The molecule has 3 N–H and O–H groups in total. The number of rotatable bonds is 5. The second-order valence-corrected chi connectivity index (χ2v) is 4.00. The number of hydrogen-bond acceptors (Lipinski definition) is 4. The van der Waals surface area contributed by atoms with Crippen LogP contribution in [0.5, 0.6) is 0 Å². The van der Waals surface area contributed by atoms with E-state index in [1.165, 1.54) is 6.21 Å². The maximum Gasteiger partial charge on any atom is 0.257 e. The Kier molecular flexibility index (Phi) is 9.03. The van der Waals surface area contributed by atoms with Gasteiger partial charge in [-0.05, 0) is 6.07 Å². The molecule has 2 aromatic rings. The molecule has 0 spiro atoms. The summed E-state index contributed by atoms with van der Waals surface area (Å²) in [6.07, 6.45) is 8.77. The molecule has 0 saturated heterocycles. The van der Waals surface area contributed by atoms with Gasteiger partial charge in [0.05, 0.1) is 11.9 Å². The molecule has 0 fully saturated rings. The summed E-state index contributed by atoms with van der Waals surface area (Å²) < 4.78 is 9.29. The van der Waals surface area contributed by atoms with Gasteiger partial charge in [0.25, 0.3) is 13.5 Å². The first-order valence-corrected chi connectivity index (χ1v) is 5.77. The van der Waals surface area contributed by atoms with Gasteiger partial charge >= 0.3 is 0 Å². The summed E-state index contributed by atoms with van der Waals surface area (Å²) in [5, 5.41) is 11.4.